The summed E-state index contributed by atoms with van der Waals surface area (Å²) in [6.07, 6.45) is 13.9. The van der Waals surface area contributed by atoms with E-state index in [1.54, 1.807) is 8.47 Å². The highest BCUT2D eigenvalue weighted by Gasteiger charge is 2.53. The summed E-state index contributed by atoms with van der Waals surface area (Å²) in [5.74, 6) is 4.07. The lowest BCUT2D eigenvalue weighted by molar-refractivity contribution is 0.508. The SMILES string of the molecule is C(=C1SC2C3CCC(C3)C2S1)c1ccc(C=C2SC3C4CCC(C4)C3S2)cc1. The predicted molar refractivity (Wildman–Crippen MR) is 130 cm³/mol. The Morgan fingerprint density at radius 1 is 0.536 bits per heavy atom. The molecule has 6 aliphatic rings. The zero-order valence-electron chi connectivity index (χ0n) is 16.0. The van der Waals surface area contributed by atoms with E-state index in [9.17, 15) is 0 Å². The topological polar surface area (TPSA) is 0 Å². The second-order valence-corrected chi connectivity index (χ2v) is 15.0. The third kappa shape index (κ3) is 2.84. The van der Waals surface area contributed by atoms with Crippen LogP contribution in [0, 0.1) is 23.7 Å². The Morgan fingerprint density at radius 2 is 0.857 bits per heavy atom. The van der Waals surface area contributed by atoms with Gasteiger partial charge in [0.15, 0.2) is 0 Å². The van der Waals surface area contributed by atoms with Gasteiger partial charge in [-0.2, -0.15) is 0 Å². The predicted octanol–water partition coefficient (Wildman–Crippen LogP) is 7.58. The minimum atomic E-state index is 0.921. The van der Waals surface area contributed by atoms with Crippen LogP contribution in [0.5, 0.6) is 0 Å². The molecule has 0 N–H and O–H groups in total. The molecule has 1 aromatic carbocycles. The standard InChI is InChI=1S/C24H26S4/c1-2-14(10-20-27-23-17-7-8-18(12-17)24(23)28-20)4-3-13(1)9-19-25-21-15-5-6-16(11-15)22(21)26-19/h1-4,9-10,15-18,21-24H,5-8,11-12H2. The van der Waals surface area contributed by atoms with Gasteiger partial charge in [-0.05, 0) is 85.5 Å². The summed E-state index contributed by atoms with van der Waals surface area (Å²) >= 11 is 8.76. The van der Waals surface area contributed by atoms with Crippen LogP contribution in [0.15, 0.2) is 32.7 Å². The molecule has 0 nitrogen and oxygen atoms in total. The van der Waals surface area contributed by atoms with Crippen LogP contribution in [-0.2, 0) is 0 Å². The molecule has 0 aromatic heterocycles. The molecule has 4 saturated carbocycles. The van der Waals surface area contributed by atoms with Crippen LogP contribution in [0.25, 0.3) is 12.2 Å². The summed E-state index contributed by atoms with van der Waals surface area (Å²) < 4.78 is 3.14. The van der Waals surface area contributed by atoms with Gasteiger partial charge >= 0.3 is 0 Å². The molecule has 1 aromatic rings. The van der Waals surface area contributed by atoms with Gasteiger partial charge in [-0.25, -0.2) is 0 Å². The summed E-state index contributed by atoms with van der Waals surface area (Å²) in [6, 6.07) is 9.33. The lowest BCUT2D eigenvalue weighted by atomic mass is 10.00. The number of fused-ring (bicyclic) bond motifs is 10. The Kier molecular flexibility index (Phi) is 4.31. The van der Waals surface area contributed by atoms with E-state index in [4.69, 9.17) is 0 Å². The molecule has 28 heavy (non-hydrogen) atoms. The Morgan fingerprint density at radius 3 is 1.18 bits per heavy atom. The summed E-state index contributed by atoms with van der Waals surface area (Å²) in [5, 5.41) is 3.69. The Labute approximate surface area is 185 Å². The fourth-order valence-corrected chi connectivity index (χ4v) is 14.2. The molecule has 2 heterocycles. The number of rotatable bonds is 2. The van der Waals surface area contributed by atoms with Gasteiger partial charge in [-0.3, -0.25) is 0 Å². The monoisotopic (exact) mass is 442 g/mol. The number of benzene rings is 1. The van der Waals surface area contributed by atoms with Crippen LogP contribution in [0.3, 0.4) is 0 Å². The normalized spacial score (nSPS) is 45.0. The fourth-order valence-electron chi connectivity index (χ4n) is 6.71. The lowest BCUT2D eigenvalue weighted by Gasteiger charge is -2.21. The van der Waals surface area contributed by atoms with Crippen molar-refractivity contribution in [1.82, 2.24) is 0 Å². The molecular formula is C24H26S4. The zero-order chi connectivity index (χ0) is 18.2. The molecular weight excluding hydrogens is 417 g/mol. The van der Waals surface area contributed by atoms with Gasteiger partial charge in [0.1, 0.15) is 0 Å². The maximum Gasteiger partial charge on any atom is 0.0413 e. The van der Waals surface area contributed by atoms with E-state index in [2.05, 4.69) is 83.5 Å². The van der Waals surface area contributed by atoms with Gasteiger partial charge < -0.3 is 0 Å². The molecule has 146 valence electrons. The number of thioether (sulfide) groups is 4. The number of hydrogen-bond donors (Lipinski definition) is 0. The van der Waals surface area contributed by atoms with Gasteiger partial charge in [0.25, 0.3) is 0 Å². The third-order valence-corrected chi connectivity index (χ3v) is 14.7. The van der Waals surface area contributed by atoms with Gasteiger partial charge in [0.05, 0.1) is 0 Å². The average molecular weight is 443 g/mol. The smallest absolute Gasteiger partial charge is 0.0413 e. The first kappa shape index (κ1) is 17.7. The van der Waals surface area contributed by atoms with Crippen molar-refractivity contribution >= 4 is 59.2 Å². The van der Waals surface area contributed by atoms with E-state index in [0.29, 0.717) is 0 Å². The van der Waals surface area contributed by atoms with Crippen molar-refractivity contribution in [3.63, 3.8) is 0 Å². The van der Waals surface area contributed by atoms with Gasteiger partial charge in [0.2, 0.25) is 0 Å². The molecule has 8 atom stereocenters. The first-order valence-corrected chi connectivity index (χ1v) is 14.5. The molecule has 4 bridgehead atoms. The van der Waals surface area contributed by atoms with Crippen LogP contribution in [0.2, 0.25) is 0 Å². The van der Waals surface area contributed by atoms with Crippen LogP contribution in [0.1, 0.15) is 49.7 Å². The minimum absolute atomic E-state index is 0.921. The second-order valence-electron chi connectivity index (χ2n) is 9.59. The Balaban J connectivity index is 1.05. The van der Waals surface area contributed by atoms with Crippen molar-refractivity contribution in [1.29, 1.82) is 0 Å². The molecule has 8 unspecified atom stereocenters. The highest BCUT2D eigenvalue weighted by atomic mass is 32.2. The zero-order valence-corrected chi connectivity index (χ0v) is 19.2. The van der Waals surface area contributed by atoms with Crippen molar-refractivity contribution in [2.45, 2.75) is 59.5 Å². The van der Waals surface area contributed by atoms with E-state index >= 15 is 0 Å². The fraction of sp³-hybridized carbons (Fsp3) is 0.583. The number of hydrogen-bond acceptors (Lipinski definition) is 4. The van der Waals surface area contributed by atoms with E-state index in [0.717, 1.165) is 44.7 Å². The maximum absolute atomic E-state index is 2.45. The quantitative estimate of drug-likeness (QED) is 0.463. The molecule has 0 spiro atoms. The van der Waals surface area contributed by atoms with Gasteiger partial charge in [0, 0.05) is 29.5 Å². The van der Waals surface area contributed by atoms with Crippen molar-refractivity contribution in [2.24, 2.45) is 23.7 Å². The molecule has 7 rings (SSSR count). The molecule has 0 amide bonds. The largest absolute Gasteiger partial charge is 0.114 e. The van der Waals surface area contributed by atoms with Crippen LogP contribution in [-0.4, -0.2) is 21.0 Å². The van der Waals surface area contributed by atoms with Gasteiger partial charge in [-0.1, -0.05) is 24.3 Å². The molecule has 0 radical (unpaired) electrons. The highest BCUT2D eigenvalue weighted by molar-refractivity contribution is 8.26. The van der Waals surface area contributed by atoms with Crippen LogP contribution in [0.4, 0.5) is 0 Å². The minimum Gasteiger partial charge on any atom is -0.114 e. The van der Waals surface area contributed by atoms with Crippen molar-refractivity contribution < 1.29 is 0 Å². The second kappa shape index (κ2) is 6.80. The molecule has 2 saturated heterocycles. The Bertz CT molecular complexity index is 745. The highest BCUT2D eigenvalue weighted by Crippen LogP contribution is 2.64. The summed E-state index contributed by atoms with van der Waals surface area (Å²) in [6.45, 7) is 0. The average Bonchev–Trinajstić information content (AvgIpc) is 3.49. The summed E-state index contributed by atoms with van der Waals surface area (Å²) in [7, 11) is 0. The van der Waals surface area contributed by atoms with Gasteiger partial charge in [-0.15, -0.1) is 47.0 Å². The van der Waals surface area contributed by atoms with Crippen molar-refractivity contribution in [3.8, 4) is 0 Å². The van der Waals surface area contributed by atoms with E-state index in [1.807, 2.05) is 0 Å². The van der Waals surface area contributed by atoms with E-state index < -0.39 is 0 Å². The third-order valence-electron chi connectivity index (χ3n) is 8.05. The summed E-state index contributed by atoms with van der Waals surface area (Å²) in [4.78, 5) is 0. The lowest BCUT2D eigenvalue weighted by Crippen LogP contribution is -2.22. The van der Waals surface area contributed by atoms with Crippen LogP contribution < -0.4 is 0 Å². The first-order chi connectivity index (χ1) is 13.8. The van der Waals surface area contributed by atoms with E-state index in [1.165, 1.54) is 49.7 Å². The van der Waals surface area contributed by atoms with Crippen LogP contribution >= 0.6 is 47.0 Å². The van der Waals surface area contributed by atoms with E-state index in [-0.39, 0.29) is 0 Å². The molecule has 4 heteroatoms. The molecule has 4 aliphatic carbocycles. The Hall–Kier alpha value is 0.1000. The first-order valence-electron chi connectivity index (χ1n) is 11.0. The maximum atomic E-state index is 2.45. The van der Waals surface area contributed by atoms with Crippen molar-refractivity contribution in [3.05, 3.63) is 43.9 Å². The van der Waals surface area contributed by atoms with Crippen molar-refractivity contribution in [2.75, 3.05) is 0 Å². The molecule has 6 fully saturated rings. The molecule has 2 aliphatic heterocycles. The summed E-state index contributed by atoms with van der Waals surface area (Å²) in [5.41, 5.74) is 2.76.